The average Bonchev–Trinajstić information content (AvgIpc) is 3.14. The molecule has 0 aromatic carbocycles. The van der Waals surface area contributed by atoms with Crippen LogP contribution in [0.25, 0.3) is 0 Å². The average molecular weight is 760 g/mol. The fourth-order valence-corrected chi connectivity index (χ4v) is 6.23. The Labute approximate surface area is 316 Å². The second-order valence-electron chi connectivity index (χ2n) is 13.5. The van der Waals surface area contributed by atoms with E-state index in [0.717, 1.165) is 25.7 Å². The number of carbonyl (C=O) groups is 2. The van der Waals surface area contributed by atoms with Crippen LogP contribution in [0.1, 0.15) is 53.4 Å². The first-order valence-corrected chi connectivity index (χ1v) is 19.2. The zero-order valence-electron chi connectivity index (χ0n) is 32.7. The van der Waals surface area contributed by atoms with Crippen LogP contribution < -0.4 is 10.6 Å². The monoisotopic (exact) mass is 759 g/mol. The Hall–Kier alpha value is -2.38. The van der Waals surface area contributed by atoms with Crippen molar-refractivity contribution in [2.75, 3.05) is 112 Å². The molecule has 2 aliphatic heterocycles. The molecule has 3 unspecified atom stereocenters. The number of rotatable bonds is 29. The van der Waals surface area contributed by atoms with Crippen LogP contribution >= 0.6 is 0 Å². The Morgan fingerprint density at radius 1 is 0.698 bits per heavy atom. The van der Waals surface area contributed by atoms with Gasteiger partial charge in [-0.2, -0.15) is 0 Å². The number of hydrogen-bond acceptors (Lipinski definition) is 14. The highest BCUT2D eigenvalue weighted by molar-refractivity contribution is 5.78. The first kappa shape index (κ1) is 46.8. The molecular weight excluding hydrogens is 690 g/mol. The van der Waals surface area contributed by atoms with E-state index < -0.39 is 24.7 Å². The highest BCUT2D eigenvalue weighted by atomic mass is 16.5. The standard InChI is InChI=1S/C37H69N5O11/c1-6-8-15-52-34-30(26-43)22-28(3)41(36(34)47)24-32(45)38-10-12-40(14-17-50-20-21-51-19-18-49-5)13-11-39-33(46)25-42-29(4)23-31(27-44)35(37(42)48)53-16-9-7-2/h22-23,30-31,34-37,43-44,47-48H,6-21,24-27H2,1-5H3,(H,38,45)(H,39,46)/t30-,31?,34?,35?,36+,37+/m0/s1. The first-order chi connectivity index (χ1) is 25.6. The molecule has 2 heterocycles. The second kappa shape index (κ2) is 27.2. The summed E-state index contributed by atoms with van der Waals surface area (Å²) in [6.45, 7) is 12.6. The summed E-state index contributed by atoms with van der Waals surface area (Å²) in [5, 5.41) is 47.8. The molecule has 0 spiro atoms. The number of nitrogens with one attached hydrogen (secondary N) is 2. The van der Waals surface area contributed by atoms with Crippen molar-refractivity contribution in [1.82, 2.24) is 25.3 Å². The van der Waals surface area contributed by atoms with Crippen molar-refractivity contribution in [1.29, 1.82) is 0 Å². The molecule has 0 saturated carbocycles. The van der Waals surface area contributed by atoms with Gasteiger partial charge >= 0.3 is 0 Å². The number of unbranched alkanes of at least 4 members (excludes halogenated alkanes) is 2. The van der Waals surface area contributed by atoms with E-state index in [0.29, 0.717) is 90.4 Å². The van der Waals surface area contributed by atoms with Crippen LogP contribution in [0.4, 0.5) is 0 Å². The summed E-state index contributed by atoms with van der Waals surface area (Å²) in [4.78, 5) is 31.3. The fraction of sp³-hybridized carbons (Fsp3) is 0.838. The molecule has 0 aromatic heterocycles. The summed E-state index contributed by atoms with van der Waals surface area (Å²) in [6.07, 6.45) is 3.78. The van der Waals surface area contributed by atoms with Gasteiger partial charge in [-0.15, -0.1) is 0 Å². The van der Waals surface area contributed by atoms with Gasteiger partial charge in [0.25, 0.3) is 0 Å². The number of allylic oxidation sites excluding steroid dienone is 2. The number of methoxy groups -OCH3 is 1. The molecule has 0 radical (unpaired) electrons. The molecule has 16 heteroatoms. The van der Waals surface area contributed by atoms with E-state index in [9.17, 15) is 30.0 Å². The van der Waals surface area contributed by atoms with Crippen LogP contribution in [-0.2, 0) is 33.3 Å². The maximum atomic E-state index is 13.0. The van der Waals surface area contributed by atoms with E-state index in [2.05, 4.69) is 15.5 Å². The largest absolute Gasteiger partial charge is 0.396 e. The molecule has 0 aliphatic carbocycles. The highest BCUT2D eigenvalue weighted by Crippen LogP contribution is 2.28. The molecule has 2 aliphatic rings. The number of nitrogens with zero attached hydrogens (tertiary/aromatic N) is 3. The predicted molar refractivity (Wildman–Crippen MR) is 199 cm³/mol. The van der Waals surface area contributed by atoms with Crippen LogP contribution in [0.15, 0.2) is 23.5 Å². The summed E-state index contributed by atoms with van der Waals surface area (Å²) in [5.74, 6) is -1.26. The molecule has 53 heavy (non-hydrogen) atoms. The summed E-state index contributed by atoms with van der Waals surface area (Å²) in [7, 11) is 1.61. The van der Waals surface area contributed by atoms with Gasteiger partial charge in [-0.3, -0.25) is 14.5 Å². The molecule has 308 valence electrons. The van der Waals surface area contributed by atoms with E-state index >= 15 is 0 Å². The maximum absolute atomic E-state index is 13.0. The lowest BCUT2D eigenvalue weighted by Crippen LogP contribution is -2.54. The minimum atomic E-state index is -1.07. The Morgan fingerprint density at radius 2 is 1.13 bits per heavy atom. The van der Waals surface area contributed by atoms with Crippen LogP contribution in [0, 0.1) is 11.8 Å². The third kappa shape index (κ3) is 16.9. The molecular formula is C37H69N5O11. The van der Waals surface area contributed by atoms with Gasteiger partial charge in [0.05, 0.1) is 59.3 Å². The molecule has 0 fully saturated rings. The molecule has 6 N–H and O–H groups in total. The third-order valence-corrected chi connectivity index (χ3v) is 9.41. The van der Waals surface area contributed by atoms with E-state index in [4.69, 9.17) is 23.7 Å². The SMILES string of the molecule is CCCCOC1C(CO)C=C(C)N(CC(=O)NCCN(CCNC(=O)CN2C(C)=C[C@@H](CO)C(OCCCC)[C@H]2O)CCOCCOCCOC)[C@@H]1O. The number of aliphatic hydroxyl groups excluding tert-OH is 4. The number of ether oxygens (including phenoxy) is 5. The number of hydrogen-bond donors (Lipinski definition) is 6. The molecule has 0 saturated heterocycles. The van der Waals surface area contributed by atoms with Crippen LogP contribution in [-0.4, -0.2) is 184 Å². The Bertz CT molecular complexity index is 1010. The van der Waals surface area contributed by atoms with Gasteiger partial charge in [0.15, 0.2) is 12.5 Å². The van der Waals surface area contributed by atoms with Crippen LogP contribution in [0.5, 0.6) is 0 Å². The summed E-state index contributed by atoms with van der Waals surface area (Å²) in [5.41, 5.74) is 1.39. The number of amides is 2. The lowest BCUT2D eigenvalue weighted by Gasteiger charge is -2.41. The van der Waals surface area contributed by atoms with E-state index in [-0.39, 0.29) is 50.0 Å². The number of aliphatic hydroxyl groups is 4. The predicted octanol–water partition coefficient (Wildman–Crippen LogP) is -0.136. The maximum Gasteiger partial charge on any atom is 0.239 e. The van der Waals surface area contributed by atoms with E-state index in [1.807, 2.05) is 26.0 Å². The van der Waals surface area contributed by atoms with Gasteiger partial charge in [-0.25, -0.2) is 0 Å². The Kier molecular flexibility index (Phi) is 24.0. The third-order valence-electron chi connectivity index (χ3n) is 9.41. The van der Waals surface area contributed by atoms with Crippen LogP contribution in [0.2, 0.25) is 0 Å². The van der Waals surface area contributed by atoms with Gasteiger partial charge in [-0.1, -0.05) is 38.8 Å². The molecule has 2 amide bonds. The van der Waals surface area contributed by atoms with Gasteiger partial charge < -0.3 is 64.5 Å². The Morgan fingerprint density at radius 3 is 1.55 bits per heavy atom. The van der Waals surface area contributed by atoms with Gasteiger partial charge in [-0.05, 0) is 26.7 Å². The van der Waals surface area contributed by atoms with Crippen molar-refractivity contribution in [3.8, 4) is 0 Å². The quantitative estimate of drug-likeness (QED) is 0.0552. The van der Waals surface area contributed by atoms with E-state index in [1.165, 1.54) is 0 Å². The molecule has 0 aromatic rings. The summed E-state index contributed by atoms with van der Waals surface area (Å²) >= 11 is 0. The molecule has 0 bridgehead atoms. The lowest BCUT2D eigenvalue weighted by atomic mass is 9.95. The lowest BCUT2D eigenvalue weighted by molar-refractivity contribution is -0.143. The second-order valence-corrected chi connectivity index (χ2v) is 13.5. The topological polar surface area (TPSA) is 195 Å². The first-order valence-electron chi connectivity index (χ1n) is 19.2. The van der Waals surface area contributed by atoms with Crippen molar-refractivity contribution in [2.45, 2.75) is 78.0 Å². The van der Waals surface area contributed by atoms with Gasteiger partial charge in [0, 0.05) is 76.3 Å². The fourth-order valence-electron chi connectivity index (χ4n) is 6.23. The van der Waals surface area contributed by atoms with E-state index in [1.54, 1.807) is 30.8 Å². The molecule has 2 rings (SSSR count). The minimum Gasteiger partial charge on any atom is -0.396 e. The summed E-state index contributed by atoms with van der Waals surface area (Å²) in [6, 6.07) is 0. The van der Waals surface area contributed by atoms with Gasteiger partial charge in [0.1, 0.15) is 12.2 Å². The van der Waals surface area contributed by atoms with Crippen molar-refractivity contribution in [2.24, 2.45) is 11.8 Å². The zero-order valence-corrected chi connectivity index (χ0v) is 32.7. The highest BCUT2D eigenvalue weighted by Gasteiger charge is 2.38. The summed E-state index contributed by atoms with van der Waals surface area (Å²) < 4.78 is 28.0. The molecule has 6 atom stereocenters. The van der Waals surface area contributed by atoms with Crippen molar-refractivity contribution in [3.63, 3.8) is 0 Å². The van der Waals surface area contributed by atoms with Crippen molar-refractivity contribution < 1.29 is 53.7 Å². The molecule has 16 nitrogen and oxygen atoms in total. The van der Waals surface area contributed by atoms with Crippen LogP contribution in [0.3, 0.4) is 0 Å². The van der Waals surface area contributed by atoms with Crippen molar-refractivity contribution >= 4 is 11.8 Å². The Balaban J connectivity index is 1.92. The van der Waals surface area contributed by atoms with Crippen molar-refractivity contribution in [3.05, 3.63) is 23.5 Å². The smallest absolute Gasteiger partial charge is 0.239 e. The zero-order chi connectivity index (χ0) is 39.0. The minimum absolute atomic E-state index is 0.0721. The number of carbonyl (C=O) groups excluding carboxylic acids is 2. The van der Waals surface area contributed by atoms with Gasteiger partial charge in [0.2, 0.25) is 11.8 Å². The normalized spacial score (nSPS) is 23.3.